The normalized spacial score (nSPS) is 16.7. The van der Waals surface area contributed by atoms with Crippen molar-refractivity contribution < 1.29 is 28.4 Å². The van der Waals surface area contributed by atoms with Gasteiger partial charge in [0, 0.05) is 41.3 Å². The standard InChI is InChI=1S/C23H24N2O6S/c26-21(27)13-20(22(28)25-9-11-32(30)12-10-25)24-23(29)31-14-19-17-7-3-1-5-15(17)16-6-2-4-8-18(16)19/h1-8,19-20H,9-14H2,(H,24,29)(H,26,27)/t20-/m0/s1. The molecular weight excluding hydrogens is 432 g/mol. The van der Waals surface area contributed by atoms with E-state index in [1.54, 1.807) is 0 Å². The Balaban J connectivity index is 1.42. The highest BCUT2D eigenvalue weighted by molar-refractivity contribution is 7.85. The summed E-state index contributed by atoms with van der Waals surface area (Å²) in [6.45, 7) is 0.610. The summed E-state index contributed by atoms with van der Waals surface area (Å²) in [6.07, 6.45) is -1.39. The zero-order chi connectivity index (χ0) is 22.7. The molecule has 2 aromatic rings. The summed E-state index contributed by atoms with van der Waals surface area (Å²) in [5.74, 6) is -1.16. The number of aliphatic carboxylic acids is 1. The highest BCUT2D eigenvalue weighted by Gasteiger charge is 2.32. The molecule has 8 nitrogen and oxygen atoms in total. The highest BCUT2D eigenvalue weighted by Crippen LogP contribution is 2.44. The summed E-state index contributed by atoms with van der Waals surface area (Å²) in [5.41, 5.74) is 4.30. The van der Waals surface area contributed by atoms with Crippen LogP contribution >= 0.6 is 0 Å². The number of amides is 2. The molecule has 4 rings (SSSR count). The van der Waals surface area contributed by atoms with Gasteiger partial charge in [-0.2, -0.15) is 0 Å². The third-order valence-electron chi connectivity index (χ3n) is 5.80. The quantitative estimate of drug-likeness (QED) is 0.687. The van der Waals surface area contributed by atoms with Crippen molar-refractivity contribution in [1.82, 2.24) is 10.2 Å². The predicted molar refractivity (Wildman–Crippen MR) is 119 cm³/mol. The Morgan fingerprint density at radius 1 is 1.03 bits per heavy atom. The van der Waals surface area contributed by atoms with Gasteiger partial charge in [-0.3, -0.25) is 13.8 Å². The molecule has 168 valence electrons. The molecule has 2 N–H and O–H groups in total. The van der Waals surface area contributed by atoms with Gasteiger partial charge in [0.25, 0.3) is 0 Å². The van der Waals surface area contributed by atoms with E-state index >= 15 is 0 Å². The number of benzene rings is 2. The molecule has 2 aromatic carbocycles. The van der Waals surface area contributed by atoms with Crippen LogP contribution in [0.5, 0.6) is 0 Å². The lowest BCUT2D eigenvalue weighted by Gasteiger charge is -2.29. The molecule has 0 bridgehead atoms. The van der Waals surface area contributed by atoms with Gasteiger partial charge < -0.3 is 20.1 Å². The van der Waals surface area contributed by atoms with Gasteiger partial charge in [-0.1, -0.05) is 48.5 Å². The Labute approximate surface area is 188 Å². The molecule has 1 saturated heterocycles. The SMILES string of the molecule is O=C(O)C[C@H](NC(=O)OCC1c2ccccc2-c2ccccc21)C(=O)N1CCS(=O)CC1. The maximum atomic E-state index is 12.8. The average Bonchev–Trinajstić information content (AvgIpc) is 3.11. The summed E-state index contributed by atoms with van der Waals surface area (Å²) >= 11 is 0. The summed E-state index contributed by atoms with van der Waals surface area (Å²) in [4.78, 5) is 38.0. The number of ether oxygens (including phenoxy) is 1. The number of rotatable bonds is 6. The van der Waals surface area contributed by atoms with E-state index in [-0.39, 0.29) is 25.6 Å². The monoisotopic (exact) mass is 456 g/mol. The Bertz CT molecular complexity index is 1020. The van der Waals surface area contributed by atoms with Crippen molar-refractivity contribution in [3.63, 3.8) is 0 Å². The minimum atomic E-state index is -1.24. The van der Waals surface area contributed by atoms with Crippen LogP contribution in [-0.2, 0) is 25.1 Å². The number of nitrogens with zero attached hydrogens (tertiary/aromatic N) is 1. The van der Waals surface area contributed by atoms with Gasteiger partial charge in [0.05, 0.1) is 6.42 Å². The van der Waals surface area contributed by atoms with Crippen molar-refractivity contribution in [2.24, 2.45) is 0 Å². The molecule has 1 aliphatic carbocycles. The van der Waals surface area contributed by atoms with Crippen LogP contribution in [0.25, 0.3) is 11.1 Å². The van der Waals surface area contributed by atoms with Crippen LogP contribution in [0.15, 0.2) is 48.5 Å². The van der Waals surface area contributed by atoms with Crippen molar-refractivity contribution in [3.8, 4) is 11.1 Å². The molecule has 1 aliphatic heterocycles. The number of carboxylic acid groups (broad SMARTS) is 1. The van der Waals surface area contributed by atoms with E-state index in [9.17, 15) is 23.7 Å². The number of fused-ring (bicyclic) bond motifs is 3. The van der Waals surface area contributed by atoms with Gasteiger partial charge >= 0.3 is 12.1 Å². The van der Waals surface area contributed by atoms with Crippen LogP contribution in [0.1, 0.15) is 23.5 Å². The maximum absolute atomic E-state index is 12.8. The summed E-state index contributed by atoms with van der Waals surface area (Å²) < 4.78 is 17.0. The number of carbonyl (C=O) groups excluding carboxylic acids is 2. The van der Waals surface area contributed by atoms with Gasteiger partial charge in [0.15, 0.2) is 0 Å². The number of hydrogen-bond donors (Lipinski definition) is 2. The van der Waals surface area contributed by atoms with Crippen LogP contribution in [0.3, 0.4) is 0 Å². The first kappa shape index (κ1) is 22.0. The topological polar surface area (TPSA) is 113 Å². The first-order valence-electron chi connectivity index (χ1n) is 10.4. The number of carboxylic acids is 1. The lowest BCUT2D eigenvalue weighted by Crippen LogP contribution is -2.53. The molecule has 0 saturated carbocycles. The minimum absolute atomic E-state index is 0.0660. The second kappa shape index (κ2) is 9.52. The fourth-order valence-corrected chi connectivity index (χ4v) is 5.29. The second-order valence-electron chi connectivity index (χ2n) is 7.79. The summed E-state index contributed by atoms with van der Waals surface area (Å²) in [6, 6.07) is 14.6. The largest absolute Gasteiger partial charge is 0.481 e. The summed E-state index contributed by atoms with van der Waals surface area (Å²) in [7, 11) is -0.975. The van der Waals surface area contributed by atoms with Crippen molar-refractivity contribution in [1.29, 1.82) is 0 Å². The average molecular weight is 457 g/mol. The van der Waals surface area contributed by atoms with Crippen LogP contribution in [0.4, 0.5) is 4.79 Å². The number of alkyl carbamates (subject to hydrolysis) is 1. The molecule has 9 heteroatoms. The number of hydrogen-bond acceptors (Lipinski definition) is 5. The van der Waals surface area contributed by atoms with Crippen LogP contribution in [0.2, 0.25) is 0 Å². The Morgan fingerprint density at radius 3 is 2.16 bits per heavy atom. The number of carbonyl (C=O) groups is 3. The van der Waals surface area contributed by atoms with E-state index in [1.165, 1.54) is 4.90 Å². The molecule has 2 aliphatic rings. The minimum Gasteiger partial charge on any atom is -0.481 e. The third kappa shape index (κ3) is 4.67. The van der Waals surface area contributed by atoms with Crippen molar-refractivity contribution in [2.75, 3.05) is 31.2 Å². The lowest BCUT2D eigenvalue weighted by atomic mass is 9.98. The number of nitrogens with one attached hydrogen (secondary N) is 1. The first-order chi connectivity index (χ1) is 15.4. The first-order valence-corrected chi connectivity index (χ1v) is 11.9. The lowest BCUT2D eigenvalue weighted by molar-refractivity contribution is -0.142. The van der Waals surface area contributed by atoms with Gasteiger partial charge in [0.2, 0.25) is 5.91 Å². The molecular formula is C23H24N2O6S. The predicted octanol–water partition coefficient (Wildman–Crippen LogP) is 1.96. The van der Waals surface area contributed by atoms with E-state index in [0.717, 1.165) is 22.3 Å². The van der Waals surface area contributed by atoms with Gasteiger partial charge in [-0.05, 0) is 22.3 Å². The van der Waals surface area contributed by atoms with E-state index in [1.807, 2.05) is 48.5 Å². The molecule has 2 amide bonds. The molecule has 1 atom stereocenters. The van der Waals surface area contributed by atoms with E-state index in [4.69, 9.17) is 4.74 Å². The Morgan fingerprint density at radius 2 is 1.59 bits per heavy atom. The van der Waals surface area contributed by atoms with Crippen LogP contribution in [-0.4, -0.2) is 69.4 Å². The summed E-state index contributed by atoms with van der Waals surface area (Å²) in [5, 5.41) is 11.6. The van der Waals surface area contributed by atoms with E-state index in [2.05, 4.69) is 5.32 Å². The van der Waals surface area contributed by atoms with E-state index < -0.39 is 41.2 Å². The molecule has 0 radical (unpaired) electrons. The maximum Gasteiger partial charge on any atom is 0.407 e. The van der Waals surface area contributed by atoms with Crippen molar-refractivity contribution in [3.05, 3.63) is 59.7 Å². The Hall–Kier alpha value is -3.20. The second-order valence-corrected chi connectivity index (χ2v) is 9.49. The molecule has 0 spiro atoms. The fourth-order valence-electron chi connectivity index (χ4n) is 4.24. The fraction of sp³-hybridized carbons (Fsp3) is 0.348. The van der Waals surface area contributed by atoms with Crippen molar-refractivity contribution in [2.45, 2.75) is 18.4 Å². The van der Waals surface area contributed by atoms with Gasteiger partial charge in [-0.25, -0.2) is 4.79 Å². The third-order valence-corrected chi connectivity index (χ3v) is 7.08. The molecule has 1 fully saturated rings. The Kier molecular flexibility index (Phi) is 6.55. The van der Waals surface area contributed by atoms with Gasteiger partial charge in [-0.15, -0.1) is 0 Å². The van der Waals surface area contributed by atoms with Gasteiger partial charge in [0.1, 0.15) is 12.6 Å². The van der Waals surface area contributed by atoms with Crippen LogP contribution < -0.4 is 5.32 Å². The van der Waals surface area contributed by atoms with Crippen LogP contribution in [0, 0.1) is 0 Å². The smallest absolute Gasteiger partial charge is 0.407 e. The van der Waals surface area contributed by atoms with Crippen molar-refractivity contribution >= 4 is 28.8 Å². The molecule has 0 unspecified atom stereocenters. The zero-order valence-electron chi connectivity index (χ0n) is 17.4. The zero-order valence-corrected chi connectivity index (χ0v) is 18.2. The molecule has 0 aromatic heterocycles. The highest BCUT2D eigenvalue weighted by atomic mass is 32.2. The molecule has 1 heterocycles. The van der Waals surface area contributed by atoms with E-state index in [0.29, 0.717) is 11.5 Å². The molecule has 32 heavy (non-hydrogen) atoms.